The first-order valence-electron chi connectivity index (χ1n) is 6.24. The first kappa shape index (κ1) is 13.7. The predicted molar refractivity (Wildman–Crippen MR) is 79.7 cm³/mol. The minimum Gasteiger partial charge on any atom is -0.322 e. The molecule has 3 nitrogen and oxygen atoms in total. The molecule has 0 fully saturated rings. The molecule has 0 saturated carbocycles. The van der Waals surface area contributed by atoms with Crippen molar-refractivity contribution < 1.29 is 9.59 Å². The molecule has 3 heteroatoms. The highest BCUT2D eigenvalue weighted by molar-refractivity contribution is 6.28. The molecular weight excluding hydrogens is 250 g/mol. The number of carbonyl (C=O) groups excluding carboxylic acids is 2. The van der Waals surface area contributed by atoms with Crippen LogP contribution in [0.4, 0.5) is 5.69 Å². The fourth-order valence-corrected chi connectivity index (χ4v) is 1.71. The van der Waals surface area contributed by atoms with Crippen LogP contribution in [-0.4, -0.2) is 11.7 Å². The zero-order valence-corrected chi connectivity index (χ0v) is 11.2. The Morgan fingerprint density at radius 1 is 0.950 bits per heavy atom. The Bertz CT molecular complexity index is 642. The van der Waals surface area contributed by atoms with Crippen molar-refractivity contribution in [1.82, 2.24) is 0 Å². The maximum atomic E-state index is 12.1. The number of hydrogen-bond acceptors (Lipinski definition) is 2. The van der Waals surface area contributed by atoms with Crippen LogP contribution in [0.25, 0.3) is 0 Å². The lowest BCUT2D eigenvalue weighted by atomic mass is 10.0. The van der Waals surface area contributed by atoms with Crippen LogP contribution >= 0.6 is 0 Å². The zero-order valence-electron chi connectivity index (χ0n) is 11.2. The number of hydrogen-bond donors (Lipinski definition) is 1. The van der Waals surface area contributed by atoms with Gasteiger partial charge in [-0.2, -0.15) is 0 Å². The van der Waals surface area contributed by atoms with Crippen molar-refractivity contribution in [2.24, 2.45) is 0 Å². The molecule has 2 aromatic carbocycles. The summed E-state index contributed by atoms with van der Waals surface area (Å²) in [6, 6.07) is 16.0. The summed E-state index contributed by atoms with van der Waals surface area (Å²) in [5.74, 6) is -0.849. The SMILES string of the molecule is C=C(C(=O)Nc1ccc(C)cc1)C(=O)c1ccccc1. The molecule has 2 rings (SSSR count). The summed E-state index contributed by atoms with van der Waals surface area (Å²) < 4.78 is 0. The Morgan fingerprint density at radius 3 is 2.15 bits per heavy atom. The van der Waals surface area contributed by atoms with Crippen molar-refractivity contribution in [3.63, 3.8) is 0 Å². The molecule has 1 N–H and O–H groups in total. The van der Waals surface area contributed by atoms with Gasteiger partial charge in [0, 0.05) is 11.3 Å². The van der Waals surface area contributed by atoms with Crippen LogP contribution in [-0.2, 0) is 4.79 Å². The lowest BCUT2D eigenvalue weighted by Crippen LogP contribution is -2.19. The third kappa shape index (κ3) is 3.20. The largest absolute Gasteiger partial charge is 0.322 e. The van der Waals surface area contributed by atoms with Gasteiger partial charge in [-0.3, -0.25) is 9.59 Å². The third-order valence-electron chi connectivity index (χ3n) is 2.89. The predicted octanol–water partition coefficient (Wildman–Crippen LogP) is 3.37. The van der Waals surface area contributed by atoms with E-state index in [9.17, 15) is 9.59 Å². The van der Waals surface area contributed by atoms with Crippen LogP contribution in [0.2, 0.25) is 0 Å². The molecule has 0 unspecified atom stereocenters. The Kier molecular flexibility index (Phi) is 4.11. The molecule has 0 heterocycles. The lowest BCUT2D eigenvalue weighted by Gasteiger charge is -2.07. The summed E-state index contributed by atoms with van der Waals surface area (Å²) in [7, 11) is 0. The van der Waals surface area contributed by atoms with E-state index >= 15 is 0 Å². The van der Waals surface area contributed by atoms with Crippen LogP contribution in [0.3, 0.4) is 0 Å². The van der Waals surface area contributed by atoms with Crippen LogP contribution < -0.4 is 5.32 Å². The molecule has 1 amide bonds. The van der Waals surface area contributed by atoms with Gasteiger partial charge >= 0.3 is 0 Å². The second kappa shape index (κ2) is 5.97. The highest BCUT2D eigenvalue weighted by Crippen LogP contribution is 2.12. The van der Waals surface area contributed by atoms with Crippen molar-refractivity contribution in [2.75, 3.05) is 5.32 Å². The van der Waals surface area contributed by atoms with Crippen LogP contribution in [0.15, 0.2) is 66.7 Å². The van der Waals surface area contributed by atoms with Crippen LogP contribution in [0, 0.1) is 6.92 Å². The highest BCUT2D eigenvalue weighted by Gasteiger charge is 2.17. The Balaban J connectivity index is 2.07. The van der Waals surface area contributed by atoms with Crippen LogP contribution in [0.5, 0.6) is 0 Å². The van der Waals surface area contributed by atoms with E-state index in [1.54, 1.807) is 36.4 Å². The molecule has 0 bridgehead atoms. The van der Waals surface area contributed by atoms with Gasteiger partial charge in [0.25, 0.3) is 5.91 Å². The Hall–Kier alpha value is -2.68. The topological polar surface area (TPSA) is 46.2 Å². The van der Waals surface area contributed by atoms with Crippen molar-refractivity contribution in [2.45, 2.75) is 6.92 Å². The quantitative estimate of drug-likeness (QED) is 0.399. The summed E-state index contributed by atoms with van der Waals surface area (Å²) in [5, 5.41) is 2.66. The molecule has 2 aromatic rings. The van der Waals surface area contributed by atoms with Gasteiger partial charge in [-0.25, -0.2) is 0 Å². The molecule has 0 aliphatic heterocycles. The number of anilines is 1. The summed E-state index contributed by atoms with van der Waals surface area (Å²) in [6.07, 6.45) is 0. The molecule has 0 aliphatic rings. The normalized spacial score (nSPS) is 9.85. The van der Waals surface area contributed by atoms with E-state index in [0.717, 1.165) is 5.56 Å². The zero-order chi connectivity index (χ0) is 14.5. The first-order chi connectivity index (χ1) is 9.58. The minimum atomic E-state index is -0.484. The van der Waals surface area contributed by atoms with Crippen molar-refractivity contribution in [3.05, 3.63) is 77.9 Å². The molecule has 0 aromatic heterocycles. The molecule has 0 aliphatic carbocycles. The summed E-state index contributed by atoms with van der Waals surface area (Å²) in [6.45, 7) is 5.54. The van der Waals surface area contributed by atoms with E-state index in [0.29, 0.717) is 11.3 Å². The van der Waals surface area contributed by atoms with Gasteiger partial charge in [-0.15, -0.1) is 0 Å². The molecule has 0 spiro atoms. The van der Waals surface area contributed by atoms with Gasteiger partial charge < -0.3 is 5.32 Å². The maximum absolute atomic E-state index is 12.1. The monoisotopic (exact) mass is 265 g/mol. The number of ketones is 1. The van der Waals surface area contributed by atoms with Gasteiger partial charge in [0.2, 0.25) is 0 Å². The number of amides is 1. The maximum Gasteiger partial charge on any atom is 0.259 e. The number of nitrogens with one attached hydrogen (secondary N) is 1. The van der Waals surface area contributed by atoms with Crippen LogP contribution in [0.1, 0.15) is 15.9 Å². The summed E-state index contributed by atoms with van der Waals surface area (Å²) in [4.78, 5) is 24.1. The minimum absolute atomic E-state index is 0.0724. The van der Waals surface area contributed by atoms with E-state index in [1.165, 1.54) is 0 Å². The fourth-order valence-electron chi connectivity index (χ4n) is 1.71. The third-order valence-corrected chi connectivity index (χ3v) is 2.89. The lowest BCUT2D eigenvalue weighted by molar-refractivity contribution is -0.112. The average Bonchev–Trinajstić information content (AvgIpc) is 2.49. The van der Waals surface area contributed by atoms with Crippen molar-refractivity contribution >= 4 is 17.4 Å². The Labute approximate surface area is 117 Å². The number of carbonyl (C=O) groups is 2. The standard InChI is InChI=1S/C17H15NO2/c1-12-8-10-15(11-9-12)18-17(20)13(2)16(19)14-6-4-3-5-7-14/h3-11H,2H2,1H3,(H,18,20). The van der Waals surface area contributed by atoms with Gasteiger partial charge in [0.05, 0.1) is 5.57 Å². The summed E-state index contributed by atoms with van der Waals surface area (Å²) >= 11 is 0. The van der Waals surface area contributed by atoms with Gasteiger partial charge in [-0.1, -0.05) is 54.6 Å². The van der Waals surface area contributed by atoms with E-state index in [1.807, 2.05) is 25.1 Å². The van der Waals surface area contributed by atoms with E-state index in [4.69, 9.17) is 0 Å². The number of rotatable bonds is 4. The number of Topliss-reactive ketones (excluding diaryl/α,β-unsaturated/α-hetero) is 1. The van der Waals surface area contributed by atoms with E-state index < -0.39 is 5.91 Å². The number of aryl methyl sites for hydroxylation is 1. The van der Waals surface area contributed by atoms with Crippen molar-refractivity contribution in [3.8, 4) is 0 Å². The van der Waals surface area contributed by atoms with E-state index in [-0.39, 0.29) is 11.4 Å². The van der Waals surface area contributed by atoms with Gasteiger partial charge in [0.15, 0.2) is 5.78 Å². The fraction of sp³-hybridized carbons (Fsp3) is 0.0588. The Morgan fingerprint density at radius 2 is 1.55 bits per heavy atom. The number of benzene rings is 2. The first-order valence-corrected chi connectivity index (χ1v) is 6.24. The molecular formula is C17H15NO2. The second-order valence-electron chi connectivity index (χ2n) is 4.49. The van der Waals surface area contributed by atoms with E-state index in [2.05, 4.69) is 11.9 Å². The highest BCUT2D eigenvalue weighted by atomic mass is 16.2. The molecule has 0 radical (unpaired) electrons. The molecule has 100 valence electrons. The summed E-state index contributed by atoms with van der Waals surface area (Å²) in [5.41, 5.74) is 2.12. The van der Waals surface area contributed by atoms with Gasteiger partial charge in [-0.05, 0) is 19.1 Å². The molecule has 0 atom stereocenters. The molecule has 20 heavy (non-hydrogen) atoms. The smallest absolute Gasteiger partial charge is 0.259 e. The van der Waals surface area contributed by atoms with Crippen molar-refractivity contribution in [1.29, 1.82) is 0 Å². The van der Waals surface area contributed by atoms with Gasteiger partial charge in [0.1, 0.15) is 0 Å². The average molecular weight is 265 g/mol. The second-order valence-corrected chi connectivity index (χ2v) is 4.49. The molecule has 0 saturated heterocycles.